The highest BCUT2D eigenvalue weighted by molar-refractivity contribution is 5.50. The fourth-order valence-corrected chi connectivity index (χ4v) is 0.668. The Morgan fingerprint density at radius 2 is 2.50 bits per heavy atom. The Balaban J connectivity index is 2.94. The fourth-order valence-electron chi connectivity index (χ4n) is 0.668. The predicted molar refractivity (Wildman–Crippen MR) is 30.4 cm³/mol. The molecule has 0 atom stereocenters. The quantitative estimate of drug-likeness (QED) is 0.452. The van der Waals surface area contributed by atoms with Crippen LogP contribution in [0, 0.1) is 0 Å². The minimum absolute atomic E-state index is 0.787. The van der Waals surface area contributed by atoms with E-state index in [0.717, 1.165) is 16.3 Å². The van der Waals surface area contributed by atoms with E-state index in [-0.39, 0.29) is 0 Å². The number of hydrogen-bond donors (Lipinski definition) is 1. The number of pyridine rings is 1. The van der Waals surface area contributed by atoms with Crippen LogP contribution in [0.4, 0.5) is 5.69 Å². The molecule has 8 heavy (non-hydrogen) atoms. The number of nitrogens with two attached hydrogens (primary N) is 1. The maximum atomic E-state index is 5.47. The van der Waals surface area contributed by atoms with Gasteiger partial charge in [-0.05, 0) is 6.07 Å². The number of nitrogen functional groups attached to an aromatic ring is 1. The molecule has 2 rings (SSSR count). The van der Waals surface area contributed by atoms with E-state index in [1.54, 1.807) is 12.3 Å². The lowest BCUT2D eigenvalue weighted by Crippen LogP contribution is -2.14. The summed E-state index contributed by atoms with van der Waals surface area (Å²) in [5, 5.41) is 1.91. The molecule has 0 saturated heterocycles. The van der Waals surface area contributed by atoms with Gasteiger partial charge in [0.1, 0.15) is 5.35 Å². The molecule has 0 fully saturated rings. The Morgan fingerprint density at radius 1 is 1.62 bits per heavy atom. The summed E-state index contributed by atoms with van der Waals surface area (Å²) in [5.41, 5.74) is 9.18. The summed E-state index contributed by atoms with van der Waals surface area (Å²) < 4.78 is 0. The predicted octanol–water partition coefficient (Wildman–Crippen LogP) is -1.27. The first-order valence-electron chi connectivity index (χ1n) is 2.39. The lowest BCUT2D eigenvalue weighted by molar-refractivity contribution is 1.28. The van der Waals surface area contributed by atoms with Crippen molar-refractivity contribution in [3.63, 3.8) is 0 Å². The van der Waals surface area contributed by atoms with Crippen molar-refractivity contribution in [2.75, 3.05) is 5.73 Å². The molecule has 0 aromatic carbocycles. The van der Waals surface area contributed by atoms with Crippen LogP contribution in [-0.4, -0.2) is 4.98 Å². The van der Waals surface area contributed by atoms with E-state index >= 15 is 0 Å². The second-order valence-corrected chi connectivity index (χ2v) is 1.75. The molecule has 1 aromatic rings. The van der Waals surface area contributed by atoms with Gasteiger partial charge in [0, 0.05) is 6.20 Å². The lowest BCUT2D eigenvalue weighted by atomic mass is 10.4. The van der Waals surface area contributed by atoms with Gasteiger partial charge in [-0.3, -0.25) is 0 Å². The molecule has 1 aliphatic rings. The largest absolute Gasteiger partial charge is 0.398 e. The molecule has 2 nitrogen and oxygen atoms in total. The van der Waals surface area contributed by atoms with Crippen molar-refractivity contribution in [3.05, 3.63) is 22.8 Å². The Bertz CT molecular complexity index is 347. The summed E-state index contributed by atoms with van der Waals surface area (Å²) in [7, 11) is 0. The molecule has 0 bridgehead atoms. The van der Waals surface area contributed by atoms with Crippen molar-refractivity contribution in [2.24, 2.45) is 0 Å². The second-order valence-electron chi connectivity index (χ2n) is 1.75. The molecule has 2 N–H and O–H groups in total. The Hall–Kier alpha value is -1.27. The first-order chi connectivity index (χ1) is 3.88. The van der Waals surface area contributed by atoms with Gasteiger partial charge in [0.15, 0.2) is 0 Å². The van der Waals surface area contributed by atoms with Crippen LogP contribution in [-0.2, 0) is 0 Å². The third-order valence-electron chi connectivity index (χ3n) is 1.16. The minimum atomic E-state index is 0.787. The molecular formula is C6H4N2. The smallest absolute Gasteiger partial charge is 0.123 e. The molecule has 0 radical (unpaired) electrons. The molecular weight excluding hydrogens is 100 g/mol. The van der Waals surface area contributed by atoms with Crippen LogP contribution >= 0.6 is 0 Å². The van der Waals surface area contributed by atoms with E-state index < -0.39 is 0 Å². The number of rotatable bonds is 0. The van der Waals surface area contributed by atoms with Gasteiger partial charge in [-0.25, -0.2) is 4.98 Å². The number of hydrogen-bond acceptors (Lipinski definition) is 2. The average molecular weight is 104 g/mol. The highest BCUT2D eigenvalue weighted by Crippen LogP contribution is 1.85. The lowest BCUT2D eigenvalue weighted by Gasteiger charge is -1.80. The van der Waals surface area contributed by atoms with Crippen LogP contribution in [0.5, 0.6) is 0 Å². The van der Waals surface area contributed by atoms with E-state index in [1.165, 1.54) is 0 Å². The molecule has 1 aromatic heterocycles. The molecule has 0 spiro atoms. The van der Waals surface area contributed by atoms with Gasteiger partial charge >= 0.3 is 0 Å². The van der Waals surface area contributed by atoms with E-state index in [0.29, 0.717) is 0 Å². The van der Waals surface area contributed by atoms with Gasteiger partial charge in [-0.1, -0.05) is 5.73 Å². The fraction of sp³-hybridized carbons (Fsp3) is 0. The van der Waals surface area contributed by atoms with Gasteiger partial charge in [-0.15, -0.1) is 0 Å². The summed E-state index contributed by atoms with van der Waals surface area (Å²) in [5.74, 6) is 0. The third kappa shape index (κ3) is 0.303. The highest BCUT2D eigenvalue weighted by atomic mass is 14.7. The standard InChI is InChI=1S/C6H4N2/c7-5-1-2-8-6-3-4(5)6/h1-2H,7H2. The molecule has 1 aliphatic carbocycles. The molecule has 2 heteroatoms. The van der Waals surface area contributed by atoms with Crippen LogP contribution in [0.15, 0.2) is 12.3 Å². The molecule has 38 valence electrons. The van der Waals surface area contributed by atoms with Gasteiger partial charge < -0.3 is 5.73 Å². The van der Waals surface area contributed by atoms with Crippen molar-refractivity contribution in [3.8, 4) is 0 Å². The van der Waals surface area contributed by atoms with Crippen LogP contribution < -0.4 is 16.3 Å². The van der Waals surface area contributed by atoms with Crippen LogP contribution in [0.3, 0.4) is 0 Å². The highest BCUT2D eigenvalue weighted by Gasteiger charge is 1.97. The van der Waals surface area contributed by atoms with E-state index in [9.17, 15) is 0 Å². The maximum Gasteiger partial charge on any atom is 0.123 e. The normalized spacial score (nSPS) is 11.0. The summed E-state index contributed by atoms with van der Waals surface area (Å²) in [6.07, 6.45) is 1.69. The monoisotopic (exact) mass is 104 g/mol. The first-order valence-corrected chi connectivity index (χ1v) is 2.39. The first kappa shape index (κ1) is 3.70. The van der Waals surface area contributed by atoms with E-state index in [2.05, 4.69) is 10.7 Å². The summed E-state index contributed by atoms with van der Waals surface area (Å²) in [6.45, 7) is 0. The molecule has 0 amide bonds. The van der Waals surface area contributed by atoms with Gasteiger partial charge in [-0.2, -0.15) is 0 Å². The molecule has 0 unspecified atom stereocenters. The molecule has 0 saturated carbocycles. The van der Waals surface area contributed by atoms with Crippen LogP contribution in [0.25, 0.3) is 5.73 Å². The Kier molecular flexibility index (Phi) is 0.431. The summed E-state index contributed by atoms with van der Waals surface area (Å²) in [6, 6.07) is 1.78. The average Bonchev–Trinajstić information content (AvgIpc) is 2.45. The number of anilines is 1. The number of aromatic nitrogens is 1. The van der Waals surface area contributed by atoms with Crippen molar-refractivity contribution < 1.29 is 0 Å². The number of nitrogens with zero attached hydrogens (tertiary/aromatic N) is 1. The summed E-state index contributed by atoms with van der Waals surface area (Å²) in [4.78, 5) is 3.94. The van der Waals surface area contributed by atoms with Gasteiger partial charge in [0.2, 0.25) is 0 Å². The zero-order valence-electron chi connectivity index (χ0n) is 4.18. The van der Waals surface area contributed by atoms with E-state index in [1.807, 2.05) is 0 Å². The Labute approximate surface area is 46.0 Å². The van der Waals surface area contributed by atoms with Crippen LogP contribution in [0.1, 0.15) is 0 Å². The second kappa shape index (κ2) is 0.932. The number of fused-ring (bicyclic) bond motifs is 1. The van der Waals surface area contributed by atoms with Crippen molar-refractivity contribution in [1.82, 2.24) is 4.98 Å². The van der Waals surface area contributed by atoms with Gasteiger partial charge in [0.05, 0.1) is 10.9 Å². The molecule has 0 aliphatic heterocycles. The topological polar surface area (TPSA) is 38.9 Å². The third-order valence-corrected chi connectivity index (χ3v) is 1.16. The molecule has 1 heterocycles. The zero-order chi connectivity index (χ0) is 5.56. The van der Waals surface area contributed by atoms with Crippen molar-refractivity contribution in [2.45, 2.75) is 0 Å². The maximum absolute atomic E-state index is 5.47. The SMILES string of the molecule is Nc1ccnc2c1=C=2. The zero-order valence-corrected chi connectivity index (χ0v) is 4.18. The van der Waals surface area contributed by atoms with Crippen molar-refractivity contribution in [1.29, 1.82) is 0 Å². The van der Waals surface area contributed by atoms with Crippen LogP contribution in [0.2, 0.25) is 0 Å². The van der Waals surface area contributed by atoms with E-state index in [4.69, 9.17) is 5.73 Å². The minimum Gasteiger partial charge on any atom is -0.398 e. The Morgan fingerprint density at radius 3 is 3.12 bits per heavy atom. The van der Waals surface area contributed by atoms with Crippen molar-refractivity contribution >= 4 is 11.4 Å². The van der Waals surface area contributed by atoms with Gasteiger partial charge in [0.25, 0.3) is 0 Å². The summed E-state index contributed by atoms with van der Waals surface area (Å²) >= 11 is 0.